The Balaban J connectivity index is 1.96. The number of aryl methyl sites for hydroxylation is 3. The lowest BCUT2D eigenvalue weighted by Crippen LogP contribution is -2.30. The molecule has 4 nitrogen and oxygen atoms in total. The smallest absolute Gasteiger partial charge is 0.266 e. The summed E-state index contributed by atoms with van der Waals surface area (Å²) in [5, 5.41) is 0.723. The molecule has 1 fully saturated rings. The number of methoxy groups -OCH3 is 1. The molecule has 0 radical (unpaired) electrons. The molecule has 0 saturated carbocycles. The van der Waals surface area contributed by atoms with Crippen molar-refractivity contribution in [2.24, 2.45) is 4.99 Å². The number of amides is 1. The second kappa shape index (κ2) is 9.22. The van der Waals surface area contributed by atoms with Crippen LogP contribution in [0.1, 0.15) is 28.7 Å². The lowest BCUT2D eigenvalue weighted by Gasteiger charge is -2.15. The van der Waals surface area contributed by atoms with Crippen LogP contribution in [0, 0.1) is 20.8 Å². The summed E-state index contributed by atoms with van der Waals surface area (Å²) in [4.78, 5) is 20.3. The Morgan fingerprint density at radius 2 is 1.79 bits per heavy atom. The van der Waals surface area contributed by atoms with Crippen molar-refractivity contribution in [2.75, 3.05) is 20.3 Å². The van der Waals surface area contributed by atoms with Crippen LogP contribution in [0.3, 0.4) is 0 Å². The molecule has 146 valence electrons. The van der Waals surface area contributed by atoms with E-state index in [9.17, 15) is 4.79 Å². The summed E-state index contributed by atoms with van der Waals surface area (Å²) in [5.74, 6) is 0.00941. The van der Waals surface area contributed by atoms with Crippen LogP contribution in [0.15, 0.2) is 52.4 Å². The highest BCUT2D eigenvalue weighted by atomic mass is 32.2. The minimum Gasteiger partial charge on any atom is -0.385 e. The van der Waals surface area contributed by atoms with Crippen LogP contribution in [0.2, 0.25) is 0 Å². The number of carbonyl (C=O) groups excluding carboxylic acids is 1. The molecule has 1 aliphatic rings. The quantitative estimate of drug-likeness (QED) is 0.496. The Morgan fingerprint density at radius 3 is 2.43 bits per heavy atom. The lowest BCUT2D eigenvalue weighted by atomic mass is 9.99. The highest BCUT2D eigenvalue weighted by Crippen LogP contribution is 2.35. The molecule has 1 amide bonds. The average molecular weight is 395 g/mol. The molecule has 1 heterocycles. The van der Waals surface area contributed by atoms with Gasteiger partial charge in [-0.25, -0.2) is 4.99 Å². The molecule has 0 aliphatic carbocycles. The summed E-state index contributed by atoms with van der Waals surface area (Å²) in [6.45, 7) is 7.48. The van der Waals surface area contributed by atoms with Crippen LogP contribution in [0.4, 0.5) is 5.69 Å². The van der Waals surface area contributed by atoms with Crippen molar-refractivity contribution in [2.45, 2.75) is 27.2 Å². The van der Waals surface area contributed by atoms with Gasteiger partial charge in [-0.2, -0.15) is 0 Å². The third kappa shape index (κ3) is 4.72. The second-order valence-corrected chi connectivity index (χ2v) is 7.97. The van der Waals surface area contributed by atoms with E-state index in [4.69, 9.17) is 9.73 Å². The van der Waals surface area contributed by atoms with Gasteiger partial charge in [0.05, 0.1) is 10.6 Å². The summed E-state index contributed by atoms with van der Waals surface area (Å²) >= 11 is 1.44. The van der Waals surface area contributed by atoms with Gasteiger partial charge in [0.25, 0.3) is 5.91 Å². The molecule has 0 aromatic heterocycles. The van der Waals surface area contributed by atoms with Crippen LogP contribution >= 0.6 is 11.8 Å². The minimum absolute atomic E-state index is 0.00941. The zero-order valence-corrected chi connectivity index (χ0v) is 17.7. The highest BCUT2D eigenvalue weighted by Gasteiger charge is 2.33. The van der Waals surface area contributed by atoms with Crippen molar-refractivity contribution in [3.05, 3.63) is 69.6 Å². The van der Waals surface area contributed by atoms with Gasteiger partial charge in [0, 0.05) is 20.3 Å². The predicted octanol–water partition coefficient (Wildman–Crippen LogP) is 5.25. The van der Waals surface area contributed by atoms with Gasteiger partial charge in [0.2, 0.25) is 0 Å². The number of ether oxygens (including phenoxy) is 1. The van der Waals surface area contributed by atoms with Crippen LogP contribution in [-0.2, 0) is 9.53 Å². The molecule has 3 rings (SSSR count). The minimum atomic E-state index is 0.00941. The summed E-state index contributed by atoms with van der Waals surface area (Å²) in [6.07, 6.45) is 2.78. The van der Waals surface area contributed by atoms with E-state index < -0.39 is 0 Å². The number of hydrogen-bond donors (Lipinski definition) is 0. The average Bonchev–Trinajstić information content (AvgIpc) is 2.94. The third-order valence-corrected chi connectivity index (χ3v) is 5.62. The van der Waals surface area contributed by atoms with Gasteiger partial charge in [-0.3, -0.25) is 9.69 Å². The zero-order valence-electron chi connectivity index (χ0n) is 16.9. The summed E-state index contributed by atoms with van der Waals surface area (Å²) in [5.41, 5.74) is 5.54. The van der Waals surface area contributed by atoms with E-state index in [1.54, 1.807) is 12.0 Å². The molecule has 2 aromatic carbocycles. The molecule has 0 N–H and O–H groups in total. The Kier molecular flexibility index (Phi) is 6.70. The summed E-state index contributed by atoms with van der Waals surface area (Å²) < 4.78 is 5.16. The standard InChI is InChI=1S/C23H26N2O2S/c1-16-13-17(2)20(18(3)14-16)15-21-22(26)25(11-8-12-27-4)23(28-21)24-19-9-6-5-7-10-19/h5-7,9-10,13-15H,8,11-12H2,1-4H3/b21-15-,24-23?. The maximum Gasteiger partial charge on any atom is 0.266 e. The highest BCUT2D eigenvalue weighted by molar-refractivity contribution is 8.18. The Hall–Kier alpha value is -2.37. The van der Waals surface area contributed by atoms with E-state index in [0.717, 1.165) is 22.8 Å². The summed E-state index contributed by atoms with van der Waals surface area (Å²) in [7, 11) is 1.67. The maximum absolute atomic E-state index is 13.1. The fourth-order valence-corrected chi connectivity index (χ4v) is 4.32. The first kappa shape index (κ1) is 20.4. The van der Waals surface area contributed by atoms with Crippen LogP contribution in [-0.4, -0.2) is 36.2 Å². The van der Waals surface area contributed by atoms with E-state index in [-0.39, 0.29) is 5.91 Å². The third-order valence-electron chi connectivity index (χ3n) is 4.61. The number of hydrogen-bond acceptors (Lipinski definition) is 4. The zero-order chi connectivity index (χ0) is 20.1. The molecule has 0 atom stereocenters. The van der Waals surface area contributed by atoms with Crippen molar-refractivity contribution < 1.29 is 9.53 Å². The summed E-state index contributed by atoms with van der Waals surface area (Å²) in [6, 6.07) is 14.1. The van der Waals surface area contributed by atoms with Gasteiger partial charge < -0.3 is 4.74 Å². The van der Waals surface area contributed by atoms with Crippen molar-refractivity contribution in [3.8, 4) is 0 Å². The van der Waals surface area contributed by atoms with Gasteiger partial charge in [0.15, 0.2) is 5.17 Å². The number of aliphatic imine (C=N–C) groups is 1. The van der Waals surface area contributed by atoms with Gasteiger partial charge in [0.1, 0.15) is 0 Å². The Labute approximate surface area is 171 Å². The largest absolute Gasteiger partial charge is 0.385 e. The van der Waals surface area contributed by atoms with E-state index in [0.29, 0.717) is 18.1 Å². The van der Waals surface area contributed by atoms with Crippen molar-refractivity contribution in [3.63, 3.8) is 0 Å². The number of para-hydroxylation sites is 1. The fraction of sp³-hybridized carbons (Fsp3) is 0.304. The molecular formula is C23H26N2O2S. The first-order chi connectivity index (χ1) is 13.5. The Bertz CT molecular complexity index is 896. The van der Waals surface area contributed by atoms with Gasteiger partial charge >= 0.3 is 0 Å². The van der Waals surface area contributed by atoms with E-state index in [2.05, 4.69) is 32.9 Å². The van der Waals surface area contributed by atoms with Gasteiger partial charge in [-0.05, 0) is 73.9 Å². The van der Waals surface area contributed by atoms with Gasteiger partial charge in [-0.1, -0.05) is 35.9 Å². The lowest BCUT2D eigenvalue weighted by molar-refractivity contribution is -0.122. The molecule has 1 saturated heterocycles. The van der Waals surface area contributed by atoms with Crippen molar-refractivity contribution in [1.29, 1.82) is 0 Å². The molecular weight excluding hydrogens is 368 g/mol. The molecule has 2 aromatic rings. The van der Waals surface area contributed by atoms with E-state index in [1.807, 2.05) is 36.4 Å². The second-order valence-electron chi connectivity index (χ2n) is 6.96. The first-order valence-corrected chi connectivity index (χ1v) is 10.2. The number of nitrogens with zero attached hydrogens (tertiary/aromatic N) is 2. The number of carbonyl (C=O) groups is 1. The normalized spacial score (nSPS) is 17.1. The molecule has 0 unspecified atom stereocenters. The maximum atomic E-state index is 13.1. The monoisotopic (exact) mass is 394 g/mol. The van der Waals surface area contributed by atoms with Gasteiger partial charge in [-0.15, -0.1) is 0 Å². The number of rotatable bonds is 6. The van der Waals surface area contributed by atoms with Crippen molar-refractivity contribution in [1.82, 2.24) is 4.90 Å². The van der Waals surface area contributed by atoms with Crippen LogP contribution < -0.4 is 0 Å². The Morgan fingerprint density at radius 1 is 1.11 bits per heavy atom. The predicted molar refractivity (Wildman–Crippen MR) is 118 cm³/mol. The van der Waals surface area contributed by atoms with Crippen molar-refractivity contribution >= 4 is 34.6 Å². The SMILES string of the molecule is COCCCN1C(=O)/C(=C/c2c(C)cc(C)cc2C)SC1=Nc1ccccc1. The molecule has 5 heteroatoms. The number of thioether (sulfide) groups is 1. The van der Waals surface area contributed by atoms with E-state index >= 15 is 0 Å². The topological polar surface area (TPSA) is 41.9 Å². The first-order valence-electron chi connectivity index (χ1n) is 9.41. The fourth-order valence-electron chi connectivity index (χ4n) is 3.32. The molecule has 1 aliphatic heterocycles. The molecule has 0 bridgehead atoms. The van der Waals surface area contributed by atoms with E-state index in [1.165, 1.54) is 28.5 Å². The molecule has 28 heavy (non-hydrogen) atoms. The van der Waals surface area contributed by atoms with Crippen LogP contribution in [0.25, 0.3) is 6.08 Å². The number of amidine groups is 1. The molecule has 0 spiro atoms. The van der Waals surface area contributed by atoms with Crippen LogP contribution in [0.5, 0.6) is 0 Å². The number of benzene rings is 2.